The normalized spacial score (nSPS) is 33.2. The van der Waals surface area contributed by atoms with Crippen molar-refractivity contribution in [2.45, 2.75) is 51.6 Å². The summed E-state index contributed by atoms with van der Waals surface area (Å²) in [5.74, 6) is 0.532. The molecule has 2 heterocycles. The van der Waals surface area contributed by atoms with Crippen molar-refractivity contribution in [2.75, 3.05) is 49.2 Å². The zero-order chi connectivity index (χ0) is 19.8. The Morgan fingerprint density at radius 1 is 0.808 bits per heavy atom. The van der Waals surface area contributed by atoms with E-state index in [2.05, 4.69) is 0 Å². The van der Waals surface area contributed by atoms with Crippen molar-refractivity contribution in [3.63, 3.8) is 0 Å². The first kappa shape index (κ1) is 21.8. The van der Waals surface area contributed by atoms with Gasteiger partial charge in [-0.2, -0.15) is 0 Å². The van der Waals surface area contributed by atoms with Crippen LogP contribution in [-0.4, -0.2) is 92.7 Å². The van der Waals surface area contributed by atoms with Gasteiger partial charge in [-0.15, -0.1) is 0 Å². The average molecular weight is 409 g/mol. The summed E-state index contributed by atoms with van der Waals surface area (Å²) in [6.07, 6.45) is 1.09. The summed E-state index contributed by atoms with van der Waals surface area (Å²) in [7, 11) is -6.08. The zero-order valence-corrected chi connectivity index (χ0v) is 18.0. The van der Waals surface area contributed by atoms with Crippen LogP contribution in [0.4, 0.5) is 0 Å². The highest BCUT2D eigenvalue weighted by molar-refractivity contribution is 7.92. The van der Waals surface area contributed by atoms with Crippen LogP contribution in [0.25, 0.3) is 0 Å². The van der Waals surface area contributed by atoms with E-state index in [1.165, 1.54) is 0 Å². The van der Waals surface area contributed by atoms with Gasteiger partial charge in [-0.1, -0.05) is 13.8 Å². The van der Waals surface area contributed by atoms with Crippen LogP contribution in [0.1, 0.15) is 40.5 Å². The molecule has 0 N–H and O–H groups in total. The number of hydrogen-bond acceptors (Lipinski definition) is 7. The van der Waals surface area contributed by atoms with E-state index in [1.54, 1.807) is 0 Å². The maximum Gasteiger partial charge on any atom is 0.160 e. The highest BCUT2D eigenvalue weighted by atomic mass is 32.2. The fraction of sp³-hybridized carbons (Fsp3) is 0.941. The van der Waals surface area contributed by atoms with Crippen molar-refractivity contribution in [1.29, 1.82) is 0 Å². The van der Waals surface area contributed by atoms with E-state index >= 15 is 0 Å². The van der Waals surface area contributed by atoms with Gasteiger partial charge in [-0.3, -0.25) is 14.6 Å². The molecule has 0 aromatic carbocycles. The topological polar surface area (TPSA) is 91.8 Å². The summed E-state index contributed by atoms with van der Waals surface area (Å²) >= 11 is 0. The Kier molecular flexibility index (Phi) is 6.27. The minimum absolute atomic E-state index is 0.00439. The van der Waals surface area contributed by atoms with E-state index in [0.717, 1.165) is 0 Å². The van der Waals surface area contributed by atoms with Gasteiger partial charge in [0.2, 0.25) is 0 Å². The molecule has 0 amide bonds. The number of carbonyl (C=O) groups is 1. The molecule has 2 atom stereocenters. The number of sulfone groups is 2. The number of nitrogens with zero attached hydrogens (tertiary/aromatic N) is 2. The summed E-state index contributed by atoms with van der Waals surface area (Å²) in [5.41, 5.74) is -0.998. The van der Waals surface area contributed by atoms with E-state index in [1.807, 2.05) is 37.5 Å². The van der Waals surface area contributed by atoms with E-state index in [0.29, 0.717) is 25.9 Å². The third kappa shape index (κ3) is 4.85. The Morgan fingerprint density at radius 3 is 1.38 bits per heavy atom. The summed E-state index contributed by atoms with van der Waals surface area (Å²) in [6.45, 7) is 9.31. The van der Waals surface area contributed by atoms with Gasteiger partial charge in [0, 0.05) is 11.1 Å². The maximum absolute atomic E-state index is 12.7. The number of carbonyl (C=O) groups excluding carboxylic acids is 1. The van der Waals surface area contributed by atoms with E-state index in [-0.39, 0.29) is 41.9 Å². The molecule has 152 valence electrons. The highest BCUT2D eigenvalue weighted by Gasteiger charge is 2.44. The fourth-order valence-electron chi connectivity index (χ4n) is 4.33. The molecule has 0 unspecified atom stereocenters. The molecule has 0 bridgehead atoms. The molecule has 0 radical (unpaired) electrons. The van der Waals surface area contributed by atoms with Gasteiger partial charge in [-0.25, -0.2) is 16.8 Å². The Morgan fingerprint density at radius 2 is 1.15 bits per heavy atom. The predicted octanol–water partition coefficient (Wildman–Crippen LogP) is 0.354. The third-order valence-corrected chi connectivity index (χ3v) is 9.77. The van der Waals surface area contributed by atoms with Crippen LogP contribution in [-0.2, 0) is 24.5 Å². The predicted molar refractivity (Wildman–Crippen MR) is 103 cm³/mol. The summed E-state index contributed by atoms with van der Waals surface area (Å²) < 4.78 is 47.5. The first-order valence-corrected chi connectivity index (χ1v) is 12.9. The summed E-state index contributed by atoms with van der Waals surface area (Å²) in [4.78, 5) is 16.6. The van der Waals surface area contributed by atoms with Gasteiger partial charge in [0.15, 0.2) is 25.5 Å². The van der Waals surface area contributed by atoms with Crippen LogP contribution in [0.5, 0.6) is 0 Å². The lowest BCUT2D eigenvalue weighted by molar-refractivity contribution is -0.123. The van der Waals surface area contributed by atoms with Crippen molar-refractivity contribution in [1.82, 2.24) is 9.80 Å². The van der Waals surface area contributed by atoms with E-state index in [4.69, 9.17) is 0 Å². The van der Waals surface area contributed by atoms with Crippen LogP contribution >= 0.6 is 0 Å². The van der Waals surface area contributed by atoms with Crippen LogP contribution in [0.15, 0.2) is 0 Å². The Labute approximate surface area is 157 Å². The van der Waals surface area contributed by atoms with Gasteiger partial charge in [0.1, 0.15) is 0 Å². The molecule has 0 aromatic rings. The van der Waals surface area contributed by atoms with Gasteiger partial charge in [-0.05, 0) is 39.8 Å². The average Bonchev–Trinajstić information content (AvgIpc) is 2.98. The molecule has 9 heteroatoms. The molecule has 2 aliphatic rings. The van der Waals surface area contributed by atoms with Crippen molar-refractivity contribution < 1.29 is 21.6 Å². The Bertz CT molecular complexity index is 687. The molecule has 2 rings (SSSR count). The fourth-order valence-corrected chi connectivity index (χ4v) is 8.67. The van der Waals surface area contributed by atoms with Crippen LogP contribution in [0.3, 0.4) is 0 Å². The number of ketones is 1. The SMILES string of the molecule is CCN(CC(=O)CN(CC)[C@@]1(C)CCS(=O)(=O)C1)[C@@]1(C)CCS(=O)(=O)C1. The highest BCUT2D eigenvalue weighted by Crippen LogP contribution is 2.31. The number of likely N-dealkylation sites (N-methyl/N-ethyl adjacent to an activating group) is 2. The number of hydrogen-bond donors (Lipinski definition) is 0. The maximum atomic E-state index is 12.7. The second-order valence-corrected chi connectivity index (χ2v) is 12.6. The van der Waals surface area contributed by atoms with Crippen LogP contribution < -0.4 is 0 Å². The molecule has 2 fully saturated rings. The Hall–Kier alpha value is -0.510. The minimum atomic E-state index is -3.04. The zero-order valence-electron chi connectivity index (χ0n) is 16.3. The van der Waals surface area contributed by atoms with Gasteiger partial charge >= 0.3 is 0 Å². The van der Waals surface area contributed by atoms with Crippen LogP contribution in [0, 0.1) is 0 Å². The lowest BCUT2D eigenvalue weighted by atomic mass is 9.97. The van der Waals surface area contributed by atoms with Gasteiger partial charge < -0.3 is 0 Å². The van der Waals surface area contributed by atoms with Crippen molar-refractivity contribution in [2.24, 2.45) is 0 Å². The molecule has 26 heavy (non-hydrogen) atoms. The molecule has 0 spiro atoms. The summed E-state index contributed by atoms with van der Waals surface area (Å²) in [6, 6.07) is 0. The lowest BCUT2D eigenvalue weighted by Crippen LogP contribution is -2.53. The van der Waals surface area contributed by atoms with Gasteiger partial charge in [0.05, 0.1) is 36.1 Å². The van der Waals surface area contributed by atoms with Crippen molar-refractivity contribution in [3.05, 3.63) is 0 Å². The molecule has 0 aliphatic carbocycles. The van der Waals surface area contributed by atoms with Crippen molar-refractivity contribution >= 4 is 25.5 Å². The first-order chi connectivity index (χ1) is 11.8. The number of Topliss-reactive ketones (excluding diaryl/α,β-unsaturated/α-hetero) is 1. The second-order valence-electron chi connectivity index (χ2n) is 8.24. The standard InChI is InChI=1S/C17H32N2O5S2/c1-5-18(16(3)7-9-25(21,22)13-16)11-15(20)12-19(6-2)17(4)8-10-26(23,24)14-17/h5-14H2,1-4H3/t16-,17-/m0/s1. The molecular formula is C17H32N2O5S2. The van der Waals surface area contributed by atoms with E-state index in [9.17, 15) is 21.6 Å². The molecule has 2 saturated heterocycles. The minimum Gasteiger partial charge on any atom is -0.297 e. The molecule has 7 nitrogen and oxygen atoms in total. The second kappa shape index (κ2) is 7.48. The lowest BCUT2D eigenvalue weighted by Gasteiger charge is -2.39. The molecular weight excluding hydrogens is 376 g/mol. The number of rotatable bonds is 8. The monoisotopic (exact) mass is 408 g/mol. The quantitative estimate of drug-likeness (QED) is 0.572. The molecule has 2 aliphatic heterocycles. The molecule has 0 saturated carbocycles. The largest absolute Gasteiger partial charge is 0.297 e. The smallest absolute Gasteiger partial charge is 0.160 e. The third-order valence-electron chi connectivity index (χ3n) is 5.99. The molecule has 0 aromatic heterocycles. The van der Waals surface area contributed by atoms with Crippen LogP contribution in [0.2, 0.25) is 0 Å². The first-order valence-electron chi connectivity index (χ1n) is 9.27. The van der Waals surface area contributed by atoms with Crippen molar-refractivity contribution in [3.8, 4) is 0 Å². The van der Waals surface area contributed by atoms with Gasteiger partial charge in [0.25, 0.3) is 0 Å². The Balaban J connectivity index is 2.04. The summed E-state index contributed by atoms with van der Waals surface area (Å²) in [5, 5.41) is 0. The van der Waals surface area contributed by atoms with E-state index < -0.39 is 30.8 Å².